The third-order valence-electron chi connectivity index (χ3n) is 3.82. The van der Waals surface area contributed by atoms with Crippen LogP contribution in [-0.2, 0) is 4.79 Å². The Morgan fingerprint density at radius 3 is 2.71 bits per heavy atom. The Bertz CT molecular complexity index is 618. The Labute approximate surface area is 149 Å². The molecule has 0 fully saturated rings. The number of nitrogens with one attached hydrogen (secondary N) is 2. The Balaban J connectivity index is 2.54. The fourth-order valence-corrected chi connectivity index (χ4v) is 2.37. The van der Waals surface area contributed by atoms with E-state index in [1.165, 1.54) is 6.20 Å². The van der Waals surface area contributed by atoms with Crippen molar-refractivity contribution in [3.63, 3.8) is 0 Å². The van der Waals surface area contributed by atoms with E-state index in [9.17, 15) is 4.79 Å². The molecule has 5 nitrogen and oxygen atoms in total. The first-order chi connectivity index (χ1) is 11.5. The number of benzene rings is 1. The highest BCUT2D eigenvalue weighted by atomic mass is 35.5. The van der Waals surface area contributed by atoms with Crippen molar-refractivity contribution in [1.82, 2.24) is 10.2 Å². The normalized spacial score (nSPS) is 11.2. The topological polar surface area (TPSA) is 68.2 Å². The van der Waals surface area contributed by atoms with Crippen molar-refractivity contribution in [2.75, 3.05) is 31.5 Å². The van der Waals surface area contributed by atoms with E-state index in [4.69, 9.17) is 16.9 Å². The summed E-state index contributed by atoms with van der Waals surface area (Å²) in [5.41, 5.74) is 1.42. The molecule has 0 heterocycles. The van der Waals surface area contributed by atoms with Gasteiger partial charge in [-0.2, -0.15) is 5.26 Å². The molecule has 0 unspecified atom stereocenters. The summed E-state index contributed by atoms with van der Waals surface area (Å²) in [6.45, 7) is 9.84. The minimum absolute atomic E-state index is 0.0391. The summed E-state index contributed by atoms with van der Waals surface area (Å²) in [5, 5.41) is 15.5. The predicted octanol–water partition coefficient (Wildman–Crippen LogP) is 3.32. The van der Waals surface area contributed by atoms with Crippen LogP contribution < -0.4 is 10.6 Å². The van der Waals surface area contributed by atoms with E-state index in [1.807, 2.05) is 13.0 Å². The molecular formula is C18H25ClN4O. The minimum atomic E-state index is -0.445. The van der Waals surface area contributed by atoms with Crippen molar-refractivity contribution in [3.05, 3.63) is 40.6 Å². The van der Waals surface area contributed by atoms with Crippen LogP contribution in [0.2, 0.25) is 5.02 Å². The van der Waals surface area contributed by atoms with Crippen LogP contribution in [0.4, 0.5) is 5.69 Å². The molecule has 0 saturated carbocycles. The van der Waals surface area contributed by atoms with Crippen molar-refractivity contribution >= 4 is 23.2 Å². The Hall–Kier alpha value is -2.03. The van der Waals surface area contributed by atoms with Crippen LogP contribution in [0.1, 0.15) is 25.8 Å². The van der Waals surface area contributed by atoms with Gasteiger partial charge in [0.15, 0.2) is 0 Å². The quantitative estimate of drug-likeness (QED) is 0.408. The summed E-state index contributed by atoms with van der Waals surface area (Å²) in [6.07, 6.45) is 2.42. The smallest absolute Gasteiger partial charge is 0.267 e. The van der Waals surface area contributed by atoms with Gasteiger partial charge in [0, 0.05) is 23.5 Å². The van der Waals surface area contributed by atoms with Crippen molar-refractivity contribution in [3.8, 4) is 6.07 Å². The fourth-order valence-electron chi connectivity index (χ4n) is 2.20. The van der Waals surface area contributed by atoms with Crippen LogP contribution in [-0.4, -0.2) is 37.0 Å². The first-order valence-corrected chi connectivity index (χ1v) is 8.53. The molecule has 0 aliphatic rings. The number of hydrogen-bond donors (Lipinski definition) is 2. The molecule has 6 heteroatoms. The van der Waals surface area contributed by atoms with Crippen molar-refractivity contribution in [1.29, 1.82) is 5.26 Å². The molecule has 24 heavy (non-hydrogen) atoms. The minimum Gasteiger partial charge on any atom is -0.390 e. The number of carbonyl (C=O) groups excluding carboxylic acids is 1. The Morgan fingerprint density at radius 2 is 2.08 bits per heavy atom. The number of hydrogen-bond acceptors (Lipinski definition) is 4. The molecule has 0 aromatic heterocycles. The van der Waals surface area contributed by atoms with Crippen LogP contribution in [0.5, 0.6) is 0 Å². The first-order valence-electron chi connectivity index (χ1n) is 8.15. The molecule has 1 aromatic carbocycles. The van der Waals surface area contributed by atoms with Crippen LogP contribution in [0.15, 0.2) is 30.0 Å². The Morgan fingerprint density at radius 1 is 1.38 bits per heavy atom. The number of carbonyl (C=O) groups is 1. The summed E-state index contributed by atoms with van der Waals surface area (Å²) >= 11 is 6.03. The van der Waals surface area contributed by atoms with E-state index in [0.29, 0.717) is 17.3 Å². The van der Waals surface area contributed by atoms with Crippen LogP contribution >= 0.6 is 11.6 Å². The van der Waals surface area contributed by atoms with Gasteiger partial charge in [0.1, 0.15) is 11.6 Å². The number of nitriles is 1. The summed E-state index contributed by atoms with van der Waals surface area (Å²) < 4.78 is 0. The fraction of sp³-hybridized carbons (Fsp3) is 0.444. The monoisotopic (exact) mass is 348 g/mol. The molecule has 0 aliphatic heterocycles. The third kappa shape index (κ3) is 6.23. The second-order valence-electron chi connectivity index (χ2n) is 5.37. The predicted molar refractivity (Wildman–Crippen MR) is 98.9 cm³/mol. The standard InChI is InChI=1S/C18H25ClN4O/c1-4-23(5-2)11-7-10-21-13-15(12-20)18(24)22-17-9-6-8-16(19)14(17)3/h6,8-9,13,21H,4-5,7,10-11H2,1-3H3,(H,22,24)/b15-13-. The summed E-state index contributed by atoms with van der Waals surface area (Å²) in [4.78, 5) is 14.5. The zero-order valence-corrected chi connectivity index (χ0v) is 15.3. The van der Waals surface area contributed by atoms with Gasteiger partial charge < -0.3 is 15.5 Å². The van der Waals surface area contributed by atoms with Gasteiger partial charge in [0.2, 0.25) is 0 Å². The van der Waals surface area contributed by atoms with Gasteiger partial charge in [0.25, 0.3) is 5.91 Å². The van der Waals surface area contributed by atoms with Crippen molar-refractivity contribution < 1.29 is 4.79 Å². The van der Waals surface area contributed by atoms with E-state index >= 15 is 0 Å². The lowest BCUT2D eigenvalue weighted by atomic mass is 10.2. The summed E-state index contributed by atoms with van der Waals surface area (Å²) in [6, 6.07) is 7.19. The van der Waals surface area contributed by atoms with E-state index in [2.05, 4.69) is 29.4 Å². The summed E-state index contributed by atoms with van der Waals surface area (Å²) in [5.74, 6) is -0.445. The molecule has 2 N–H and O–H groups in total. The van der Waals surface area contributed by atoms with Gasteiger partial charge in [-0.05, 0) is 50.7 Å². The molecule has 0 bridgehead atoms. The van der Waals surface area contributed by atoms with Crippen molar-refractivity contribution in [2.24, 2.45) is 0 Å². The number of halogens is 1. The number of amides is 1. The molecule has 0 spiro atoms. The average Bonchev–Trinajstić information content (AvgIpc) is 2.58. The highest BCUT2D eigenvalue weighted by Crippen LogP contribution is 2.23. The number of rotatable bonds is 9. The highest BCUT2D eigenvalue weighted by molar-refractivity contribution is 6.31. The highest BCUT2D eigenvalue weighted by Gasteiger charge is 2.11. The number of anilines is 1. The zero-order valence-electron chi connectivity index (χ0n) is 14.5. The first kappa shape index (κ1) is 20.0. The zero-order chi connectivity index (χ0) is 17.9. The molecule has 1 rings (SSSR count). The van der Waals surface area contributed by atoms with Gasteiger partial charge in [-0.1, -0.05) is 31.5 Å². The van der Waals surface area contributed by atoms with Crippen LogP contribution in [0, 0.1) is 18.3 Å². The van der Waals surface area contributed by atoms with Gasteiger partial charge in [-0.3, -0.25) is 4.79 Å². The van der Waals surface area contributed by atoms with E-state index in [1.54, 1.807) is 18.2 Å². The molecule has 1 amide bonds. The van der Waals surface area contributed by atoms with Gasteiger partial charge >= 0.3 is 0 Å². The molecule has 0 aliphatic carbocycles. The van der Waals surface area contributed by atoms with Gasteiger partial charge in [-0.15, -0.1) is 0 Å². The largest absolute Gasteiger partial charge is 0.390 e. The van der Waals surface area contributed by atoms with E-state index in [0.717, 1.165) is 31.6 Å². The molecule has 130 valence electrons. The lowest BCUT2D eigenvalue weighted by Gasteiger charge is -2.17. The molecule has 1 aromatic rings. The molecule has 0 atom stereocenters. The number of nitrogens with zero attached hydrogens (tertiary/aromatic N) is 2. The van der Waals surface area contributed by atoms with E-state index < -0.39 is 5.91 Å². The Kier molecular flexibility index (Phi) is 8.92. The maximum absolute atomic E-state index is 12.2. The van der Waals surface area contributed by atoms with Gasteiger partial charge in [-0.25, -0.2) is 0 Å². The van der Waals surface area contributed by atoms with Crippen LogP contribution in [0.25, 0.3) is 0 Å². The van der Waals surface area contributed by atoms with Gasteiger partial charge in [0.05, 0.1) is 0 Å². The average molecular weight is 349 g/mol. The third-order valence-corrected chi connectivity index (χ3v) is 4.23. The molecule has 0 saturated heterocycles. The SMILES string of the molecule is CCN(CC)CCCN/C=C(/C#N)C(=O)Nc1cccc(Cl)c1C. The van der Waals surface area contributed by atoms with E-state index in [-0.39, 0.29) is 5.57 Å². The summed E-state index contributed by atoms with van der Waals surface area (Å²) in [7, 11) is 0. The molecular weight excluding hydrogens is 324 g/mol. The molecule has 0 radical (unpaired) electrons. The lowest BCUT2D eigenvalue weighted by molar-refractivity contribution is -0.112. The maximum atomic E-state index is 12.2. The lowest BCUT2D eigenvalue weighted by Crippen LogP contribution is -2.26. The second-order valence-corrected chi connectivity index (χ2v) is 5.78. The maximum Gasteiger partial charge on any atom is 0.267 e. The second kappa shape index (κ2) is 10.7. The van der Waals surface area contributed by atoms with Crippen LogP contribution in [0.3, 0.4) is 0 Å². The van der Waals surface area contributed by atoms with Crippen molar-refractivity contribution in [2.45, 2.75) is 27.2 Å².